The Morgan fingerprint density at radius 2 is 2.00 bits per heavy atom. The van der Waals surface area contributed by atoms with Gasteiger partial charge in [-0.25, -0.2) is 4.68 Å². The van der Waals surface area contributed by atoms with Gasteiger partial charge in [0.15, 0.2) is 5.69 Å². The lowest BCUT2D eigenvalue weighted by Gasteiger charge is -2.26. The van der Waals surface area contributed by atoms with Crippen molar-refractivity contribution < 1.29 is 18.0 Å². The van der Waals surface area contributed by atoms with Crippen LogP contribution < -0.4 is 10.6 Å². The number of carbonyl (C=O) groups is 1. The number of hydrogen-bond donors (Lipinski definition) is 2. The molecule has 0 spiro atoms. The van der Waals surface area contributed by atoms with Gasteiger partial charge in [-0.3, -0.25) is 4.79 Å². The van der Waals surface area contributed by atoms with Crippen molar-refractivity contribution in [1.82, 2.24) is 25.3 Å². The van der Waals surface area contributed by atoms with E-state index in [0.717, 1.165) is 51.3 Å². The molecule has 0 atom stereocenters. The molecule has 0 saturated carbocycles. The van der Waals surface area contributed by atoms with Crippen molar-refractivity contribution >= 4 is 5.91 Å². The van der Waals surface area contributed by atoms with E-state index in [0.29, 0.717) is 6.54 Å². The number of carbonyl (C=O) groups excluding carboxylic acids is 1. The number of alkyl halides is 3. The lowest BCUT2D eigenvalue weighted by atomic mass is 10.2. The smallest absolute Gasteiger partial charge is 0.351 e. The van der Waals surface area contributed by atoms with Gasteiger partial charge in [-0.2, -0.15) is 18.3 Å². The normalized spacial score (nSPS) is 15.7. The third-order valence-electron chi connectivity index (χ3n) is 4.41. The first kappa shape index (κ1) is 19.4. The molecule has 1 amide bonds. The van der Waals surface area contributed by atoms with Gasteiger partial charge in [0.05, 0.1) is 11.3 Å². The molecule has 2 aromatic rings. The van der Waals surface area contributed by atoms with Gasteiger partial charge in [0.1, 0.15) is 0 Å². The van der Waals surface area contributed by atoms with Crippen LogP contribution in [0.2, 0.25) is 0 Å². The monoisotopic (exact) mass is 381 g/mol. The van der Waals surface area contributed by atoms with Gasteiger partial charge in [0.2, 0.25) is 0 Å². The van der Waals surface area contributed by atoms with Crippen LogP contribution in [0.15, 0.2) is 36.5 Å². The Kier molecular flexibility index (Phi) is 6.12. The molecule has 1 saturated heterocycles. The number of nitrogens with zero attached hydrogens (tertiary/aromatic N) is 3. The highest BCUT2D eigenvalue weighted by Crippen LogP contribution is 2.30. The molecule has 1 aliphatic heterocycles. The molecular formula is C18H22F3N5O. The number of benzene rings is 1. The van der Waals surface area contributed by atoms with Crippen LogP contribution in [0.5, 0.6) is 0 Å². The summed E-state index contributed by atoms with van der Waals surface area (Å²) in [5.74, 6) is -0.332. The van der Waals surface area contributed by atoms with Crippen molar-refractivity contribution in [3.63, 3.8) is 0 Å². The SMILES string of the molecule is O=C(NCCCN1CCNCC1)c1ccn(-c2cccc(C(F)(F)F)c2)n1. The zero-order chi connectivity index (χ0) is 19.3. The molecule has 2 N–H and O–H groups in total. The summed E-state index contributed by atoms with van der Waals surface area (Å²) >= 11 is 0. The number of aromatic nitrogens is 2. The second-order valence-corrected chi connectivity index (χ2v) is 6.39. The van der Waals surface area contributed by atoms with Crippen LogP contribution >= 0.6 is 0 Å². The minimum atomic E-state index is -4.42. The van der Waals surface area contributed by atoms with E-state index in [9.17, 15) is 18.0 Å². The maximum atomic E-state index is 12.8. The molecule has 2 heterocycles. The second kappa shape index (κ2) is 8.53. The van der Waals surface area contributed by atoms with E-state index in [2.05, 4.69) is 20.6 Å². The van der Waals surface area contributed by atoms with E-state index >= 15 is 0 Å². The van der Waals surface area contributed by atoms with Crippen LogP contribution in [0.3, 0.4) is 0 Å². The minimum absolute atomic E-state index is 0.176. The summed E-state index contributed by atoms with van der Waals surface area (Å²) in [6.07, 6.45) is -2.11. The van der Waals surface area contributed by atoms with E-state index in [4.69, 9.17) is 0 Å². The standard InChI is InChI=1S/C18H22F3N5O/c19-18(20,21)14-3-1-4-15(13-14)26-10-5-16(24-26)17(27)23-6-2-9-25-11-7-22-8-12-25/h1,3-5,10,13,22H,2,6-9,11-12H2,(H,23,27). The summed E-state index contributed by atoms with van der Waals surface area (Å²) in [4.78, 5) is 14.5. The Morgan fingerprint density at radius 1 is 1.22 bits per heavy atom. The molecule has 6 nitrogen and oxygen atoms in total. The van der Waals surface area contributed by atoms with Crippen molar-refractivity contribution in [1.29, 1.82) is 0 Å². The first-order valence-corrected chi connectivity index (χ1v) is 8.88. The average Bonchev–Trinajstić information content (AvgIpc) is 3.16. The molecule has 0 aliphatic carbocycles. The van der Waals surface area contributed by atoms with Crippen LogP contribution in [0.25, 0.3) is 5.69 Å². The van der Waals surface area contributed by atoms with E-state index in [-0.39, 0.29) is 17.3 Å². The van der Waals surface area contributed by atoms with Crippen molar-refractivity contribution in [2.75, 3.05) is 39.3 Å². The molecule has 146 valence electrons. The van der Waals surface area contributed by atoms with Gasteiger partial charge in [-0.05, 0) is 37.2 Å². The topological polar surface area (TPSA) is 62.2 Å². The molecule has 3 rings (SSSR count). The molecule has 1 aromatic heterocycles. The average molecular weight is 381 g/mol. The van der Waals surface area contributed by atoms with Crippen LogP contribution in [0, 0.1) is 0 Å². The van der Waals surface area contributed by atoms with Crippen LogP contribution in [-0.4, -0.2) is 59.9 Å². The molecule has 27 heavy (non-hydrogen) atoms. The lowest BCUT2D eigenvalue weighted by molar-refractivity contribution is -0.137. The van der Waals surface area contributed by atoms with Gasteiger partial charge in [-0.15, -0.1) is 0 Å². The maximum absolute atomic E-state index is 12.8. The fraction of sp³-hybridized carbons (Fsp3) is 0.444. The first-order chi connectivity index (χ1) is 12.9. The number of hydrogen-bond acceptors (Lipinski definition) is 4. The van der Waals surface area contributed by atoms with Crippen molar-refractivity contribution in [3.05, 3.63) is 47.8 Å². The number of amides is 1. The van der Waals surface area contributed by atoms with E-state index in [1.54, 1.807) is 0 Å². The highest BCUT2D eigenvalue weighted by Gasteiger charge is 2.30. The summed E-state index contributed by atoms with van der Waals surface area (Å²) in [5.41, 5.74) is -0.327. The predicted molar refractivity (Wildman–Crippen MR) is 94.8 cm³/mol. The van der Waals surface area contributed by atoms with Gasteiger partial charge in [0, 0.05) is 38.9 Å². The fourth-order valence-electron chi connectivity index (χ4n) is 2.94. The Balaban J connectivity index is 1.53. The van der Waals surface area contributed by atoms with Crippen molar-refractivity contribution in [2.24, 2.45) is 0 Å². The van der Waals surface area contributed by atoms with E-state index < -0.39 is 11.7 Å². The fourth-order valence-corrected chi connectivity index (χ4v) is 2.94. The quantitative estimate of drug-likeness (QED) is 0.751. The number of halogens is 3. The third kappa shape index (κ3) is 5.30. The zero-order valence-electron chi connectivity index (χ0n) is 14.8. The molecule has 1 aliphatic rings. The van der Waals surface area contributed by atoms with Crippen molar-refractivity contribution in [2.45, 2.75) is 12.6 Å². The summed E-state index contributed by atoms with van der Waals surface area (Å²) in [6.45, 7) is 5.43. The highest BCUT2D eigenvalue weighted by atomic mass is 19.4. The molecule has 1 aromatic carbocycles. The van der Waals surface area contributed by atoms with Crippen LogP contribution in [0.1, 0.15) is 22.5 Å². The highest BCUT2D eigenvalue weighted by molar-refractivity contribution is 5.92. The van der Waals surface area contributed by atoms with Crippen LogP contribution in [0.4, 0.5) is 13.2 Å². The van der Waals surface area contributed by atoms with Gasteiger partial charge in [0.25, 0.3) is 5.91 Å². The first-order valence-electron chi connectivity index (χ1n) is 8.88. The molecule has 0 bridgehead atoms. The van der Waals surface area contributed by atoms with E-state index in [1.807, 2.05) is 0 Å². The molecule has 0 radical (unpaired) electrons. The predicted octanol–water partition coefficient (Wildman–Crippen LogP) is 1.92. The lowest BCUT2D eigenvalue weighted by Crippen LogP contribution is -2.44. The number of piperazine rings is 1. The maximum Gasteiger partial charge on any atom is 0.416 e. The van der Waals surface area contributed by atoms with Gasteiger partial charge in [-0.1, -0.05) is 6.07 Å². The minimum Gasteiger partial charge on any atom is -0.351 e. The summed E-state index contributed by atoms with van der Waals surface area (Å²) < 4.78 is 39.7. The molecule has 0 unspecified atom stereocenters. The summed E-state index contributed by atoms with van der Waals surface area (Å²) in [7, 11) is 0. The summed E-state index contributed by atoms with van der Waals surface area (Å²) in [5, 5.41) is 10.2. The third-order valence-corrected chi connectivity index (χ3v) is 4.41. The molecular weight excluding hydrogens is 359 g/mol. The van der Waals surface area contributed by atoms with Gasteiger partial charge >= 0.3 is 6.18 Å². The second-order valence-electron chi connectivity index (χ2n) is 6.39. The van der Waals surface area contributed by atoms with Gasteiger partial charge < -0.3 is 15.5 Å². The zero-order valence-corrected chi connectivity index (χ0v) is 14.8. The van der Waals surface area contributed by atoms with Crippen molar-refractivity contribution in [3.8, 4) is 5.69 Å². The Hall–Kier alpha value is -2.39. The number of rotatable bonds is 6. The Morgan fingerprint density at radius 3 is 2.74 bits per heavy atom. The van der Waals surface area contributed by atoms with Crippen LogP contribution in [-0.2, 0) is 6.18 Å². The summed E-state index contributed by atoms with van der Waals surface area (Å²) in [6, 6.07) is 6.32. The Labute approximate surface area is 155 Å². The van der Waals surface area contributed by atoms with E-state index in [1.165, 1.54) is 29.1 Å². The number of nitrogens with one attached hydrogen (secondary N) is 2. The largest absolute Gasteiger partial charge is 0.416 e. The molecule has 1 fully saturated rings. The molecule has 9 heteroatoms. The Bertz CT molecular complexity index is 768.